The summed E-state index contributed by atoms with van der Waals surface area (Å²) in [6.45, 7) is 1.71. The molecule has 2 aliphatic heterocycles. The Morgan fingerprint density at radius 2 is 1.68 bits per heavy atom. The van der Waals surface area contributed by atoms with E-state index < -0.39 is 17.2 Å². The number of hydrogen-bond donors (Lipinski definition) is 2. The first-order chi connectivity index (χ1) is 12.2. The Balaban J connectivity index is 1.70. The van der Waals surface area contributed by atoms with Crippen LogP contribution in [0.4, 0.5) is 20.2 Å². The van der Waals surface area contributed by atoms with E-state index in [2.05, 4.69) is 10.6 Å². The maximum Gasteiger partial charge on any atom is 0.161 e. The Kier molecular flexibility index (Phi) is 4.13. The van der Waals surface area contributed by atoms with Crippen LogP contribution in [0, 0.1) is 11.6 Å². The normalized spacial score (nSPS) is 20.0. The highest BCUT2D eigenvalue weighted by Gasteiger charge is 2.41. The van der Waals surface area contributed by atoms with E-state index in [1.54, 1.807) is 0 Å². The lowest BCUT2D eigenvalue weighted by Crippen LogP contribution is -2.55. The minimum absolute atomic E-state index is 0.440. The van der Waals surface area contributed by atoms with Gasteiger partial charge in [-0.1, -0.05) is 30.3 Å². The van der Waals surface area contributed by atoms with Crippen molar-refractivity contribution in [2.75, 3.05) is 23.8 Å². The van der Waals surface area contributed by atoms with Crippen LogP contribution in [-0.4, -0.2) is 24.6 Å². The zero-order valence-electron chi connectivity index (χ0n) is 13.7. The molecule has 6 heteroatoms. The standard InChI is InChI=1S/C19H19F2N3O/c20-14-10-16-17(11-15(14)21)24-19(6-8-25-9-7-19)18(23-16)22-12-13-4-2-1-3-5-13/h1-5,10-11,24H,6-9,12H2,(H,22,23). The molecule has 1 fully saturated rings. The number of rotatable bonds is 2. The number of halogens is 2. The van der Waals surface area contributed by atoms with Gasteiger partial charge in [0.15, 0.2) is 11.6 Å². The van der Waals surface area contributed by atoms with Crippen LogP contribution >= 0.6 is 0 Å². The molecule has 0 aliphatic carbocycles. The molecule has 130 valence electrons. The fourth-order valence-corrected chi connectivity index (χ4v) is 3.34. The second kappa shape index (κ2) is 6.44. The topological polar surface area (TPSA) is 45.6 Å². The van der Waals surface area contributed by atoms with Crippen LogP contribution in [-0.2, 0) is 11.3 Å². The molecule has 2 N–H and O–H groups in total. The minimum atomic E-state index is -0.876. The average molecular weight is 343 g/mol. The molecule has 25 heavy (non-hydrogen) atoms. The monoisotopic (exact) mass is 343 g/mol. The van der Waals surface area contributed by atoms with Gasteiger partial charge < -0.3 is 15.4 Å². The summed E-state index contributed by atoms with van der Waals surface area (Å²) in [6, 6.07) is 12.3. The fourth-order valence-electron chi connectivity index (χ4n) is 3.34. The van der Waals surface area contributed by atoms with Gasteiger partial charge in [-0.25, -0.2) is 8.78 Å². The van der Waals surface area contributed by atoms with Crippen LogP contribution in [0.25, 0.3) is 0 Å². The van der Waals surface area contributed by atoms with Crippen molar-refractivity contribution in [1.29, 1.82) is 0 Å². The Bertz CT molecular complexity index is 802. The molecule has 0 amide bonds. The van der Waals surface area contributed by atoms with Gasteiger partial charge in [-0.05, 0) is 5.56 Å². The van der Waals surface area contributed by atoms with E-state index in [4.69, 9.17) is 9.73 Å². The van der Waals surface area contributed by atoms with Crippen molar-refractivity contribution < 1.29 is 13.5 Å². The smallest absolute Gasteiger partial charge is 0.161 e. The molecule has 4 rings (SSSR count). The van der Waals surface area contributed by atoms with Crippen LogP contribution in [0.15, 0.2) is 47.5 Å². The van der Waals surface area contributed by atoms with Gasteiger partial charge in [-0.15, -0.1) is 0 Å². The molecule has 0 bridgehead atoms. The quantitative estimate of drug-likeness (QED) is 0.868. The van der Waals surface area contributed by atoms with Gasteiger partial charge in [0.05, 0.1) is 23.5 Å². The molecule has 1 saturated heterocycles. The van der Waals surface area contributed by atoms with E-state index in [-0.39, 0.29) is 0 Å². The molecule has 2 aromatic carbocycles. The average Bonchev–Trinajstić information content (AvgIpc) is 2.63. The highest BCUT2D eigenvalue weighted by Crippen LogP contribution is 2.37. The van der Waals surface area contributed by atoms with Crippen LogP contribution in [0.5, 0.6) is 0 Å². The summed E-state index contributed by atoms with van der Waals surface area (Å²) in [7, 11) is 0. The van der Waals surface area contributed by atoms with Crippen molar-refractivity contribution in [2.45, 2.75) is 24.9 Å². The molecule has 2 heterocycles. The summed E-state index contributed by atoms with van der Waals surface area (Å²) in [6.07, 6.45) is 1.43. The van der Waals surface area contributed by atoms with Crippen molar-refractivity contribution in [3.63, 3.8) is 0 Å². The number of nitrogens with zero attached hydrogens (tertiary/aromatic N) is 1. The van der Waals surface area contributed by atoms with Crippen molar-refractivity contribution in [1.82, 2.24) is 0 Å². The lowest BCUT2D eigenvalue weighted by molar-refractivity contribution is 0.0778. The molecule has 0 unspecified atom stereocenters. The van der Waals surface area contributed by atoms with E-state index in [1.165, 1.54) is 12.1 Å². The van der Waals surface area contributed by atoms with E-state index in [0.29, 0.717) is 44.0 Å². The lowest BCUT2D eigenvalue weighted by atomic mass is 9.86. The Labute approximate surface area is 144 Å². The molecule has 0 atom stereocenters. The van der Waals surface area contributed by atoms with Crippen molar-refractivity contribution in [3.8, 4) is 0 Å². The van der Waals surface area contributed by atoms with Crippen LogP contribution in [0.2, 0.25) is 0 Å². The SMILES string of the molecule is Fc1cc2c(cc1F)NC1(CCOCC1)C(=NCc1ccccc1)N2. The lowest BCUT2D eigenvalue weighted by Gasteiger charge is -2.43. The second-order valence-electron chi connectivity index (χ2n) is 6.41. The third-order valence-electron chi connectivity index (χ3n) is 4.75. The van der Waals surface area contributed by atoms with Crippen molar-refractivity contribution in [3.05, 3.63) is 59.7 Å². The third-order valence-corrected chi connectivity index (χ3v) is 4.75. The number of hydrogen-bond acceptors (Lipinski definition) is 3. The molecule has 0 saturated carbocycles. The Hall–Kier alpha value is -2.47. The van der Waals surface area contributed by atoms with Gasteiger partial charge in [0.1, 0.15) is 5.84 Å². The number of ether oxygens (including phenoxy) is 1. The van der Waals surface area contributed by atoms with Crippen molar-refractivity contribution in [2.24, 2.45) is 4.99 Å². The summed E-state index contributed by atoms with van der Waals surface area (Å²) in [5.74, 6) is -0.989. The molecule has 0 radical (unpaired) electrons. The van der Waals surface area contributed by atoms with E-state index in [9.17, 15) is 8.78 Å². The number of aliphatic imine (C=N–C) groups is 1. The number of fused-ring (bicyclic) bond motifs is 1. The summed E-state index contributed by atoms with van der Waals surface area (Å²) >= 11 is 0. The summed E-state index contributed by atoms with van der Waals surface area (Å²) in [5.41, 5.74) is 1.71. The van der Waals surface area contributed by atoms with Gasteiger partial charge in [0.25, 0.3) is 0 Å². The third kappa shape index (κ3) is 3.09. The molecule has 0 aromatic heterocycles. The van der Waals surface area contributed by atoms with Gasteiger partial charge in [-0.3, -0.25) is 4.99 Å². The zero-order valence-corrected chi connectivity index (χ0v) is 13.7. The maximum absolute atomic E-state index is 13.6. The highest BCUT2D eigenvalue weighted by molar-refractivity contribution is 6.09. The minimum Gasteiger partial charge on any atom is -0.381 e. The number of anilines is 2. The van der Waals surface area contributed by atoms with Gasteiger partial charge in [0, 0.05) is 38.2 Å². The van der Waals surface area contributed by atoms with Crippen LogP contribution in [0.1, 0.15) is 18.4 Å². The van der Waals surface area contributed by atoms with E-state index in [1.807, 2.05) is 30.3 Å². The van der Waals surface area contributed by atoms with Gasteiger partial charge in [0.2, 0.25) is 0 Å². The highest BCUT2D eigenvalue weighted by atomic mass is 19.2. The Morgan fingerprint density at radius 1 is 1.00 bits per heavy atom. The largest absolute Gasteiger partial charge is 0.381 e. The predicted octanol–water partition coefficient (Wildman–Crippen LogP) is 3.95. The first-order valence-electron chi connectivity index (χ1n) is 8.37. The van der Waals surface area contributed by atoms with Crippen LogP contribution in [0.3, 0.4) is 0 Å². The number of amidine groups is 1. The van der Waals surface area contributed by atoms with E-state index in [0.717, 1.165) is 11.4 Å². The van der Waals surface area contributed by atoms with E-state index >= 15 is 0 Å². The second-order valence-corrected chi connectivity index (χ2v) is 6.41. The maximum atomic E-state index is 13.6. The molecule has 1 spiro atoms. The van der Waals surface area contributed by atoms with Crippen molar-refractivity contribution >= 4 is 17.2 Å². The molecule has 4 nitrogen and oxygen atoms in total. The first-order valence-corrected chi connectivity index (χ1v) is 8.37. The van der Waals surface area contributed by atoms with Gasteiger partial charge in [-0.2, -0.15) is 0 Å². The summed E-state index contributed by atoms with van der Waals surface area (Å²) < 4.78 is 32.7. The summed E-state index contributed by atoms with van der Waals surface area (Å²) in [5, 5.41) is 6.61. The fraction of sp³-hybridized carbons (Fsp3) is 0.316. The van der Waals surface area contributed by atoms with Gasteiger partial charge >= 0.3 is 0 Å². The van der Waals surface area contributed by atoms with Crippen LogP contribution < -0.4 is 10.6 Å². The molecule has 2 aromatic rings. The summed E-state index contributed by atoms with van der Waals surface area (Å²) in [4.78, 5) is 4.75. The molecular formula is C19H19F2N3O. The first kappa shape index (κ1) is 16.0. The Morgan fingerprint density at radius 3 is 2.40 bits per heavy atom. The zero-order chi connectivity index (χ0) is 17.3. The molecular weight excluding hydrogens is 324 g/mol. The predicted molar refractivity (Wildman–Crippen MR) is 94.0 cm³/mol. The molecule has 2 aliphatic rings. The number of nitrogens with one attached hydrogen (secondary N) is 2. The number of benzene rings is 2.